The topological polar surface area (TPSA) is 237 Å². The number of allylic oxidation sites excluding steroid dienone is 8. The first kappa shape index (κ1) is 95.0. The van der Waals surface area contributed by atoms with Gasteiger partial charge in [-0.3, -0.25) is 37.3 Å². The van der Waals surface area contributed by atoms with E-state index in [1.165, 1.54) is 141 Å². The van der Waals surface area contributed by atoms with Crippen LogP contribution in [-0.2, 0) is 65.4 Å². The minimum Gasteiger partial charge on any atom is -0.462 e. The quantitative estimate of drug-likeness (QED) is 0.0169. The van der Waals surface area contributed by atoms with E-state index in [4.69, 9.17) is 37.0 Å². The van der Waals surface area contributed by atoms with Gasteiger partial charge >= 0.3 is 39.5 Å². The van der Waals surface area contributed by atoms with Crippen LogP contribution in [0.1, 0.15) is 374 Å². The number of esters is 4. The monoisotopic (exact) mass is 1430 g/mol. The Balaban J connectivity index is 5.33. The second-order valence-corrected chi connectivity index (χ2v) is 29.9. The smallest absolute Gasteiger partial charge is 0.462 e. The molecule has 0 aliphatic carbocycles. The molecular weight excluding hydrogens is 1280 g/mol. The van der Waals surface area contributed by atoms with Gasteiger partial charge in [0.1, 0.15) is 19.3 Å². The number of carbonyl (C=O) groups is 4. The van der Waals surface area contributed by atoms with Gasteiger partial charge in [-0.25, -0.2) is 9.13 Å². The van der Waals surface area contributed by atoms with Gasteiger partial charge in [-0.05, 0) is 128 Å². The molecule has 98 heavy (non-hydrogen) atoms. The van der Waals surface area contributed by atoms with E-state index in [0.717, 1.165) is 154 Å². The molecule has 0 fully saturated rings. The van der Waals surface area contributed by atoms with Gasteiger partial charge in [-0.1, -0.05) is 269 Å². The molecule has 0 bridgehead atoms. The Bertz CT molecular complexity index is 2050. The van der Waals surface area contributed by atoms with Crippen molar-refractivity contribution in [1.29, 1.82) is 0 Å². The first-order valence-electron chi connectivity index (χ1n) is 39.9. The summed E-state index contributed by atoms with van der Waals surface area (Å²) in [6.45, 7) is 4.88. The van der Waals surface area contributed by atoms with Crippen LogP contribution >= 0.6 is 15.6 Å². The van der Waals surface area contributed by atoms with Crippen molar-refractivity contribution in [3.8, 4) is 0 Å². The number of phosphoric ester groups is 2. The van der Waals surface area contributed by atoms with Gasteiger partial charge in [0, 0.05) is 25.7 Å². The zero-order chi connectivity index (χ0) is 71.8. The van der Waals surface area contributed by atoms with Gasteiger partial charge in [0.05, 0.1) is 26.4 Å². The van der Waals surface area contributed by atoms with E-state index in [2.05, 4.69) is 76.3 Å². The molecule has 0 aromatic carbocycles. The molecule has 3 N–H and O–H groups in total. The molecule has 574 valence electrons. The summed E-state index contributed by atoms with van der Waals surface area (Å²) in [5.41, 5.74) is 0. The first-order chi connectivity index (χ1) is 47.7. The van der Waals surface area contributed by atoms with Crippen molar-refractivity contribution < 1.29 is 80.2 Å². The third kappa shape index (κ3) is 71.4. The average Bonchev–Trinajstić information content (AvgIpc) is 1.07. The predicted molar refractivity (Wildman–Crippen MR) is 400 cm³/mol. The minimum absolute atomic E-state index is 0.0879. The van der Waals surface area contributed by atoms with Gasteiger partial charge in [-0.2, -0.15) is 0 Å². The molecule has 0 radical (unpaired) electrons. The zero-order valence-electron chi connectivity index (χ0n) is 62.7. The standard InChI is InChI=1S/C79H146O17P2/c1-5-9-13-17-21-25-29-33-36-40-43-47-51-55-59-63-76(81)89-69-74(95-78(83)65-61-57-53-49-45-39-32-28-24-20-16-12-8-4)71-93-97(85,86)91-67-73(80)68-92-98(87,88)94-72-75(96-79(84)66-62-58-54-50-46-42-38-35-31-27-23-19-15-11-7-3)70-90-77(82)64-60-56-52-48-44-41-37-34-30-26-22-18-14-10-6-2/h28,32-38,73-75,80H,5-27,29-31,39-72H2,1-4H3,(H,85,86)(H,87,88)/b32-28-,36-33-,37-34-,38-35-/t73-,74+,75+/m0/s1. The van der Waals surface area contributed by atoms with Crippen LogP contribution in [0.25, 0.3) is 0 Å². The van der Waals surface area contributed by atoms with E-state index >= 15 is 0 Å². The van der Waals surface area contributed by atoms with Crippen molar-refractivity contribution >= 4 is 39.5 Å². The van der Waals surface area contributed by atoms with Crippen molar-refractivity contribution in [1.82, 2.24) is 0 Å². The van der Waals surface area contributed by atoms with Gasteiger partial charge in [0.25, 0.3) is 0 Å². The maximum Gasteiger partial charge on any atom is 0.472 e. The number of hydrogen-bond acceptors (Lipinski definition) is 15. The third-order valence-corrected chi connectivity index (χ3v) is 19.1. The highest BCUT2D eigenvalue weighted by Gasteiger charge is 2.30. The summed E-state index contributed by atoms with van der Waals surface area (Å²) < 4.78 is 68.5. The maximum absolute atomic E-state index is 13.1. The minimum atomic E-state index is -4.97. The van der Waals surface area contributed by atoms with Crippen LogP contribution in [0.3, 0.4) is 0 Å². The number of phosphoric acid groups is 2. The molecule has 0 rings (SSSR count). The van der Waals surface area contributed by atoms with Crippen molar-refractivity contribution in [3.63, 3.8) is 0 Å². The second-order valence-electron chi connectivity index (χ2n) is 27.0. The Hall–Kier alpha value is -2.98. The molecule has 17 nitrogen and oxygen atoms in total. The van der Waals surface area contributed by atoms with E-state index in [0.29, 0.717) is 25.7 Å². The zero-order valence-corrected chi connectivity index (χ0v) is 64.5. The number of unbranched alkanes of at least 4 members (excludes halogenated alkanes) is 42. The highest BCUT2D eigenvalue weighted by molar-refractivity contribution is 7.47. The molecule has 0 aromatic heterocycles. The molecule has 0 saturated carbocycles. The fourth-order valence-electron chi connectivity index (χ4n) is 11.1. The van der Waals surface area contributed by atoms with E-state index in [-0.39, 0.29) is 25.7 Å². The number of carbonyl (C=O) groups excluding carboxylic acids is 4. The summed E-state index contributed by atoms with van der Waals surface area (Å²) in [4.78, 5) is 72.9. The summed E-state index contributed by atoms with van der Waals surface area (Å²) in [7, 11) is -9.94. The van der Waals surface area contributed by atoms with Crippen LogP contribution in [0.5, 0.6) is 0 Å². The normalized spacial score (nSPS) is 14.2. The van der Waals surface area contributed by atoms with Crippen LogP contribution in [-0.4, -0.2) is 96.7 Å². The Labute approximate surface area is 597 Å². The van der Waals surface area contributed by atoms with Crippen LogP contribution in [0.4, 0.5) is 0 Å². The molecule has 0 heterocycles. The average molecular weight is 1430 g/mol. The van der Waals surface area contributed by atoms with E-state index in [1.54, 1.807) is 0 Å². The molecule has 0 amide bonds. The number of aliphatic hydroxyl groups excluding tert-OH is 1. The lowest BCUT2D eigenvalue weighted by atomic mass is 10.1. The van der Waals surface area contributed by atoms with Gasteiger partial charge in [-0.15, -0.1) is 0 Å². The Morgan fingerprint density at radius 3 is 0.714 bits per heavy atom. The molecule has 2 unspecified atom stereocenters. The van der Waals surface area contributed by atoms with Gasteiger partial charge in [0.15, 0.2) is 12.2 Å². The van der Waals surface area contributed by atoms with Gasteiger partial charge < -0.3 is 33.8 Å². The number of aliphatic hydroxyl groups is 1. The second kappa shape index (κ2) is 72.4. The van der Waals surface area contributed by atoms with E-state index in [9.17, 15) is 43.2 Å². The lowest BCUT2D eigenvalue weighted by Crippen LogP contribution is -2.30. The SMILES string of the molecule is CCCCCC/C=C\CCCCCCCC(=O)O[C@H](COC(=O)CCCCCCC/C=C\CCCCCCCC)COP(=O)(O)OC[C@H](O)COP(=O)(O)OC[C@@H](COC(=O)CCCCCCC/C=C\CCCCCCCC)OC(=O)CCCCCCC/C=C\CCCCCCCC. The highest BCUT2D eigenvalue weighted by atomic mass is 31.2. The largest absolute Gasteiger partial charge is 0.472 e. The Morgan fingerprint density at radius 2 is 0.469 bits per heavy atom. The maximum atomic E-state index is 13.1. The van der Waals surface area contributed by atoms with Crippen molar-refractivity contribution in [2.24, 2.45) is 0 Å². The lowest BCUT2D eigenvalue weighted by molar-refractivity contribution is -0.161. The lowest BCUT2D eigenvalue weighted by Gasteiger charge is -2.21. The highest BCUT2D eigenvalue weighted by Crippen LogP contribution is 2.45. The number of rotatable bonds is 76. The number of ether oxygens (including phenoxy) is 4. The summed E-state index contributed by atoms with van der Waals surface area (Å²) in [5.74, 6) is -2.18. The molecular formula is C79H146O17P2. The fourth-order valence-corrected chi connectivity index (χ4v) is 12.7. The predicted octanol–water partition coefficient (Wildman–Crippen LogP) is 22.9. The van der Waals surface area contributed by atoms with Crippen molar-refractivity contribution in [2.45, 2.75) is 393 Å². The summed E-state index contributed by atoms with van der Waals surface area (Å²) >= 11 is 0. The number of hydrogen-bond donors (Lipinski definition) is 3. The van der Waals surface area contributed by atoms with E-state index in [1.807, 2.05) is 0 Å². The van der Waals surface area contributed by atoms with Crippen LogP contribution < -0.4 is 0 Å². The van der Waals surface area contributed by atoms with Crippen LogP contribution in [0.15, 0.2) is 48.6 Å². The molecule has 0 aliphatic rings. The molecule has 0 aliphatic heterocycles. The molecule has 0 spiro atoms. The molecule has 0 aromatic rings. The third-order valence-electron chi connectivity index (χ3n) is 17.2. The molecule has 0 saturated heterocycles. The summed E-state index contributed by atoms with van der Waals surface area (Å²) in [6.07, 6.45) is 69.4. The Kier molecular flexibility index (Phi) is 70.2. The molecule has 19 heteroatoms. The first-order valence-corrected chi connectivity index (χ1v) is 42.9. The fraction of sp³-hybridized carbons (Fsp3) is 0.848. The van der Waals surface area contributed by atoms with Crippen molar-refractivity contribution in [2.75, 3.05) is 39.6 Å². The Morgan fingerprint density at radius 1 is 0.276 bits per heavy atom. The summed E-state index contributed by atoms with van der Waals surface area (Å²) in [5, 5.41) is 10.6. The molecule has 5 atom stereocenters. The summed E-state index contributed by atoms with van der Waals surface area (Å²) in [6, 6.07) is 0. The van der Waals surface area contributed by atoms with Gasteiger partial charge in [0.2, 0.25) is 0 Å². The van der Waals surface area contributed by atoms with Crippen molar-refractivity contribution in [3.05, 3.63) is 48.6 Å². The van der Waals surface area contributed by atoms with Crippen LogP contribution in [0, 0.1) is 0 Å². The van der Waals surface area contributed by atoms with Crippen LogP contribution in [0.2, 0.25) is 0 Å². The van der Waals surface area contributed by atoms with E-state index < -0.39 is 97.5 Å².